The van der Waals surface area contributed by atoms with Crippen LogP contribution in [0.2, 0.25) is 10.3 Å². The number of carboxylic acids is 1. The molecule has 5 rings (SSSR count). The summed E-state index contributed by atoms with van der Waals surface area (Å²) in [6.07, 6.45) is -6.94. The number of carbonyl (C=O) groups is 1. The Morgan fingerprint density at radius 1 is 0.870 bits per heavy atom. The number of nitrogens with zero attached hydrogens (tertiary/aromatic N) is 4. The van der Waals surface area contributed by atoms with Gasteiger partial charge in [-0.1, -0.05) is 65.7 Å². The molecule has 2 heterocycles. The summed E-state index contributed by atoms with van der Waals surface area (Å²) in [5.74, 6) is -1.06. The Morgan fingerprint density at radius 3 is 2.07 bits per heavy atom. The van der Waals surface area contributed by atoms with Gasteiger partial charge in [0.1, 0.15) is 22.1 Å². The monoisotopic (exact) mass is 675 g/mol. The van der Waals surface area contributed by atoms with Crippen molar-refractivity contribution in [3.05, 3.63) is 94.2 Å². The summed E-state index contributed by atoms with van der Waals surface area (Å²) in [4.78, 5) is 26.1. The summed E-state index contributed by atoms with van der Waals surface area (Å²) in [7, 11) is 1.51. The second-order valence-electron chi connectivity index (χ2n) is 9.68. The first kappa shape index (κ1) is 34.0. The number of methoxy groups -OCH3 is 1. The number of hydrogen-bond donors (Lipinski definition) is 4. The predicted octanol–water partition coefficient (Wildman–Crippen LogP) is 5.89. The van der Waals surface area contributed by atoms with Crippen LogP contribution in [-0.4, -0.2) is 50.3 Å². The van der Waals surface area contributed by atoms with E-state index in [4.69, 9.17) is 55.0 Å². The molecule has 0 radical (unpaired) electrons. The number of ether oxygens (including phenoxy) is 2. The highest BCUT2D eigenvalue weighted by atomic mass is 35.5. The number of fused-ring (bicyclic) bond motifs is 1. The average molecular weight is 676 g/mol. The molecule has 2 atom stereocenters. The number of aliphatic carboxylic acids is 1. The summed E-state index contributed by atoms with van der Waals surface area (Å²) in [6.45, 7) is 0. The molecule has 0 saturated carbocycles. The molecule has 0 saturated heterocycles. The third kappa shape index (κ3) is 9.06. The van der Waals surface area contributed by atoms with Gasteiger partial charge < -0.3 is 31.8 Å². The van der Waals surface area contributed by atoms with E-state index in [0.717, 1.165) is 0 Å². The van der Waals surface area contributed by atoms with Gasteiger partial charge in [0.25, 0.3) is 0 Å². The molecule has 3 aromatic carbocycles. The summed E-state index contributed by atoms with van der Waals surface area (Å²) < 4.78 is 52.7. The first-order chi connectivity index (χ1) is 21.7. The Labute approximate surface area is 270 Å². The van der Waals surface area contributed by atoms with Crippen LogP contribution in [0.5, 0.6) is 11.6 Å². The number of nitrogens with two attached hydrogens (primary N) is 3. The van der Waals surface area contributed by atoms with Crippen molar-refractivity contribution in [1.82, 2.24) is 19.9 Å². The van der Waals surface area contributed by atoms with Gasteiger partial charge in [-0.3, -0.25) is 4.79 Å². The van der Waals surface area contributed by atoms with Gasteiger partial charge in [0, 0.05) is 23.3 Å². The van der Waals surface area contributed by atoms with Gasteiger partial charge in [-0.15, -0.1) is 0 Å². The number of benzene rings is 3. The summed E-state index contributed by atoms with van der Waals surface area (Å²) in [5.41, 5.74) is 17.8. The Balaban J connectivity index is 0.000000459. The number of halogens is 5. The van der Waals surface area contributed by atoms with Crippen molar-refractivity contribution in [3.8, 4) is 22.9 Å². The number of nitrogen functional groups attached to an aromatic ring is 2. The Kier molecular flexibility index (Phi) is 10.7. The molecule has 240 valence electrons. The van der Waals surface area contributed by atoms with E-state index >= 15 is 0 Å². The Morgan fingerprint density at radius 2 is 1.48 bits per heavy atom. The van der Waals surface area contributed by atoms with Crippen molar-refractivity contribution < 1.29 is 32.5 Å². The summed E-state index contributed by atoms with van der Waals surface area (Å²) >= 11 is 10.9. The van der Waals surface area contributed by atoms with Crippen LogP contribution < -0.4 is 26.7 Å². The molecule has 11 nitrogen and oxygen atoms in total. The van der Waals surface area contributed by atoms with Gasteiger partial charge in [0.05, 0.1) is 12.8 Å². The first-order valence-corrected chi connectivity index (χ1v) is 14.0. The lowest BCUT2D eigenvalue weighted by atomic mass is 10.0. The summed E-state index contributed by atoms with van der Waals surface area (Å²) in [5, 5.41) is 10.8. The van der Waals surface area contributed by atoms with E-state index in [0.29, 0.717) is 27.6 Å². The molecule has 7 N–H and O–H groups in total. The minimum absolute atomic E-state index is 0.0903. The predicted molar refractivity (Wildman–Crippen MR) is 168 cm³/mol. The van der Waals surface area contributed by atoms with Crippen LogP contribution in [0, 0.1) is 0 Å². The molecule has 16 heteroatoms. The van der Waals surface area contributed by atoms with Crippen molar-refractivity contribution in [2.75, 3.05) is 18.6 Å². The third-order valence-corrected chi connectivity index (χ3v) is 6.72. The van der Waals surface area contributed by atoms with Crippen LogP contribution in [0.15, 0.2) is 72.8 Å². The molecule has 0 amide bonds. The molecule has 0 fully saturated rings. The van der Waals surface area contributed by atoms with E-state index in [-0.39, 0.29) is 45.8 Å². The van der Waals surface area contributed by atoms with Crippen LogP contribution in [-0.2, 0) is 11.2 Å². The molecule has 0 aliphatic rings. The molecule has 0 bridgehead atoms. The zero-order valence-corrected chi connectivity index (χ0v) is 25.4. The average Bonchev–Trinajstić information content (AvgIpc) is 2.98. The molecule has 5 aromatic rings. The Bertz CT molecular complexity index is 1800. The third-order valence-electron chi connectivity index (χ3n) is 6.33. The standard InChI is InChI=1S/C26H23F3N4O4.C4H3Cl2N3/c1-36-19-9-8-16-11-18(7-6-17(16)12-19)23(26(27,28)29)37-22-13-21(32-25(31)33-22)15-4-2-14(3-5-15)10-20(30)24(34)35;5-2-1-3(6)9-4(7)8-2/h2-9,11-13,20,23H,10,30H2,1H3,(H,34,35)(H2,31,32,33);1H,(H2,7,8,9)/t20-,23-;/m0./s1. The highest BCUT2D eigenvalue weighted by molar-refractivity contribution is 6.33. The number of anilines is 2. The molecule has 0 aliphatic heterocycles. The zero-order chi connectivity index (χ0) is 33.6. The fourth-order valence-corrected chi connectivity index (χ4v) is 4.62. The maximum atomic E-state index is 14.1. The molecule has 46 heavy (non-hydrogen) atoms. The van der Waals surface area contributed by atoms with Crippen molar-refractivity contribution in [3.63, 3.8) is 0 Å². The number of alkyl halides is 3. The maximum absolute atomic E-state index is 14.1. The molecule has 0 aliphatic carbocycles. The molecule has 2 aromatic heterocycles. The molecule has 0 unspecified atom stereocenters. The van der Waals surface area contributed by atoms with Gasteiger partial charge >= 0.3 is 12.1 Å². The van der Waals surface area contributed by atoms with Crippen LogP contribution in [0.1, 0.15) is 17.2 Å². The van der Waals surface area contributed by atoms with E-state index in [9.17, 15) is 18.0 Å². The lowest BCUT2D eigenvalue weighted by molar-refractivity contribution is -0.198. The summed E-state index contributed by atoms with van der Waals surface area (Å²) in [6, 6.07) is 17.5. The van der Waals surface area contributed by atoms with Gasteiger partial charge in [0.2, 0.25) is 23.9 Å². The van der Waals surface area contributed by atoms with Gasteiger partial charge in [-0.25, -0.2) is 15.0 Å². The second-order valence-corrected chi connectivity index (χ2v) is 10.5. The smallest absolute Gasteiger partial charge is 0.429 e. The topological polar surface area (TPSA) is 185 Å². The maximum Gasteiger partial charge on any atom is 0.429 e. The van der Waals surface area contributed by atoms with Crippen molar-refractivity contribution in [1.29, 1.82) is 0 Å². The van der Waals surface area contributed by atoms with Crippen LogP contribution in [0.3, 0.4) is 0 Å². The fraction of sp³-hybridized carbons (Fsp3) is 0.167. The van der Waals surface area contributed by atoms with Gasteiger partial charge in [-0.05, 0) is 41.0 Å². The minimum atomic E-state index is -4.75. The SMILES string of the molecule is COc1ccc2cc([C@H](Oc3cc(-c4ccc(C[C@H](N)C(=O)O)cc4)nc(N)n3)C(F)(F)F)ccc2c1.Nc1nc(Cl)cc(Cl)n1. The zero-order valence-electron chi connectivity index (χ0n) is 23.9. The number of rotatable bonds is 8. The van der Waals surface area contributed by atoms with E-state index in [1.54, 1.807) is 48.5 Å². The lowest BCUT2D eigenvalue weighted by Crippen LogP contribution is -2.32. The quantitative estimate of drug-likeness (QED) is 0.144. The van der Waals surface area contributed by atoms with E-state index in [1.807, 2.05) is 0 Å². The Hall–Kier alpha value is -4.92. The van der Waals surface area contributed by atoms with Crippen LogP contribution >= 0.6 is 23.2 Å². The van der Waals surface area contributed by atoms with E-state index < -0.39 is 24.3 Å². The number of aromatic nitrogens is 4. The second kappa shape index (κ2) is 14.5. The van der Waals surface area contributed by atoms with Crippen LogP contribution in [0.4, 0.5) is 25.1 Å². The van der Waals surface area contributed by atoms with E-state index in [2.05, 4.69) is 19.9 Å². The number of hydrogen-bond acceptors (Lipinski definition) is 10. The highest BCUT2D eigenvalue weighted by Gasteiger charge is 2.43. The largest absolute Gasteiger partial charge is 0.497 e. The molecule has 0 spiro atoms. The van der Waals surface area contributed by atoms with Gasteiger partial charge in [0.15, 0.2) is 0 Å². The van der Waals surface area contributed by atoms with Crippen molar-refractivity contribution in [2.45, 2.75) is 24.7 Å². The van der Waals surface area contributed by atoms with Crippen molar-refractivity contribution >= 4 is 51.8 Å². The lowest BCUT2D eigenvalue weighted by Gasteiger charge is -2.22. The normalized spacial score (nSPS) is 12.5. The molecular formula is C30H26Cl2F3N7O4. The fourth-order valence-electron chi connectivity index (χ4n) is 4.19. The number of carboxylic acid groups (broad SMARTS) is 1. The van der Waals surface area contributed by atoms with E-state index in [1.165, 1.54) is 31.4 Å². The first-order valence-electron chi connectivity index (χ1n) is 13.2. The minimum Gasteiger partial charge on any atom is -0.497 e. The molecular weight excluding hydrogens is 650 g/mol. The van der Waals surface area contributed by atoms with Crippen LogP contribution in [0.25, 0.3) is 22.0 Å². The highest BCUT2D eigenvalue weighted by Crippen LogP contribution is 2.38. The van der Waals surface area contributed by atoms with Crippen molar-refractivity contribution in [2.24, 2.45) is 5.73 Å². The van der Waals surface area contributed by atoms with Gasteiger partial charge in [-0.2, -0.15) is 18.2 Å².